The Kier molecular flexibility index (Phi) is 5.71. The number of nitrogens with zero attached hydrogens (tertiary/aromatic N) is 1. The van der Waals surface area contributed by atoms with Crippen molar-refractivity contribution in [1.82, 2.24) is 4.90 Å². The van der Waals surface area contributed by atoms with Crippen LogP contribution in [-0.2, 0) is 25.4 Å². The first-order chi connectivity index (χ1) is 13.9. The van der Waals surface area contributed by atoms with Crippen molar-refractivity contribution in [2.24, 2.45) is 5.41 Å². The number of rotatable bonds is 4. The summed E-state index contributed by atoms with van der Waals surface area (Å²) >= 11 is 0. The molecule has 2 nitrogen and oxygen atoms in total. The van der Waals surface area contributed by atoms with Crippen LogP contribution in [0.1, 0.15) is 41.5 Å². The minimum absolute atomic E-state index is 0.0184. The molecule has 0 amide bonds. The Balaban J connectivity index is 1.41. The van der Waals surface area contributed by atoms with Crippen molar-refractivity contribution >= 4 is 0 Å². The van der Waals surface area contributed by atoms with Crippen molar-refractivity contribution in [3.8, 4) is 0 Å². The molecule has 0 spiro atoms. The highest BCUT2D eigenvalue weighted by Crippen LogP contribution is 2.38. The lowest BCUT2D eigenvalue weighted by Gasteiger charge is -2.45. The second kappa shape index (κ2) is 8.11. The van der Waals surface area contributed by atoms with Gasteiger partial charge in [0.25, 0.3) is 0 Å². The van der Waals surface area contributed by atoms with E-state index in [1.54, 1.807) is 6.07 Å². The minimum Gasteiger partial charge on any atom is -0.396 e. The van der Waals surface area contributed by atoms with Gasteiger partial charge in [-0.05, 0) is 79.8 Å². The minimum atomic E-state index is -4.33. The molecule has 0 aromatic heterocycles. The monoisotopic (exact) mass is 403 g/mol. The molecule has 1 aliphatic carbocycles. The predicted octanol–water partition coefficient (Wildman–Crippen LogP) is 4.88. The van der Waals surface area contributed by atoms with Gasteiger partial charge >= 0.3 is 6.18 Å². The molecule has 1 fully saturated rings. The summed E-state index contributed by atoms with van der Waals surface area (Å²) in [5.41, 5.74) is 2.62. The van der Waals surface area contributed by atoms with E-state index >= 15 is 0 Å². The molecule has 156 valence electrons. The molecule has 2 aromatic rings. The number of halogens is 3. The van der Waals surface area contributed by atoms with Crippen molar-refractivity contribution in [3.05, 3.63) is 70.8 Å². The summed E-state index contributed by atoms with van der Waals surface area (Å²) in [6.07, 6.45) is 1.12. The summed E-state index contributed by atoms with van der Waals surface area (Å²) in [6, 6.07) is 14.7. The number of likely N-dealkylation sites (tertiary alicyclic amines) is 1. The molecule has 2 aromatic carbocycles. The first-order valence-corrected chi connectivity index (χ1v) is 10.5. The zero-order valence-electron chi connectivity index (χ0n) is 16.6. The van der Waals surface area contributed by atoms with Gasteiger partial charge in [0.1, 0.15) is 0 Å². The van der Waals surface area contributed by atoms with E-state index in [-0.39, 0.29) is 12.0 Å². The number of piperidine rings is 1. The number of aliphatic hydroxyl groups excluding tert-OH is 1. The van der Waals surface area contributed by atoms with Gasteiger partial charge in [0.15, 0.2) is 0 Å². The van der Waals surface area contributed by atoms with Crippen LogP contribution in [0.5, 0.6) is 0 Å². The van der Waals surface area contributed by atoms with Crippen LogP contribution >= 0.6 is 0 Å². The Morgan fingerprint density at radius 2 is 1.72 bits per heavy atom. The van der Waals surface area contributed by atoms with Gasteiger partial charge < -0.3 is 10.0 Å². The number of fused-ring (bicyclic) bond motifs is 1. The van der Waals surface area contributed by atoms with E-state index in [1.165, 1.54) is 23.3 Å². The van der Waals surface area contributed by atoms with E-state index in [2.05, 4.69) is 29.2 Å². The summed E-state index contributed by atoms with van der Waals surface area (Å²) in [5, 5.41) is 10.1. The second-order valence-electron chi connectivity index (χ2n) is 8.73. The fourth-order valence-corrected chi connectivity index (χ4v) is 5.04. The summed E-state index contributed by atoms with van der Waals surface area (Å²) < 4.78 is 39.1. The van der Waals surface area contributed by atoms with E-state index in [0.29, 0.717) is 18.0 Å². The maximum absolute atomic E-state index is 13.0. The molecule has 1 aliphatic heterocycles. The molecule has 0 bridgehead atoms. The summed E-state index contributed by atoms with van der Waals surface area (Å²) in [6.45, 7) is 1.81. The largest absolute Gasteiger partial charge is 0.416 e. The normalized spacial score (nSPS) is 22.3. The Morgan fingerprint density at radius 3 is 2.41 bits per heavy atom. The predicted molar refractivity (Wildman–Crippen MR) is 108 cm³/mol. The van der Waals surface area contributed by atoms with E-state index in [1.807, 2.05) is 0 Å². The molecule has 1 heterocycles. The standard InChI is InChI=1S/C24H28F3NO/c25-24(26,27)21-7-3-4-18(14-21)16-23(17-29)10-12-28(13-11-23)22-9-8-19-5-1-2-6-20(19)15-22/h1-7,14,22,29H,8-13,15-17H2/t22-/m0/s1. The quantitative estimate of drug-likeness (QED) is 0.787. The molecule has 0 saturated carbocycles. The van der Waals surface area contributed by atoms with Crippen LogP contribution in [0.25, 0.3) is 0 Å². The van der Waals surface area contributed by atoms with Crippen LogP contribution in [0.15, 0.2) is 48.5 Å². The van der Waals surface area contributed by atoms with Gasteiger partial charge in [0, 0.05) is 12.6 Å². The van der Waals surface area contributed by atoms with Gasteiger partial charge in [-0.1, -0.05) is 42.5 Å². The second-order valence-corrected chi connectivity index (χ2v) is 8.73. The Labute approximate surface area is 170 Å². The number of aliphatic hydroxyl groups is 1. The van der Waals surface area contributed by atoms with Crippen LogP contribution in [-0.4, -0.2) is 35.7 Å². The third-order valence-electron chi connectivity index (χ3n) is 6.86. The van der Waals surface area contributed by atoms with Crippen molar-refractivity contribution < 1.29 is 18.3 Å². The zero-order valence-corrected chi connectivity index (χ0v) is 16.6. The van der Waals surface area contributed by atoms with Crippen LogP contribution in [0.3, 0.4) is 0 Å². The molecule has 5 heteroatoms. The van der Waals surface area contributed by atoms with Crippen LogP contribution in [0.2, 0.25) is 0 Å². The maximum atomic E-state index is 13.0. The van der Waals surface area contributed by atoms with Crippen molar-refractivity contribution in [3.63, 3.8) is 0 Å². The van der Waals surface area contributed by atoms with E-state index in [9.17, 15) is 18.3 Å². The van der Waals surface area contributed by atoms with E-state index < -0.39 is 11.7 Å². The van der Waals surface area contributed by atoms with Gasteiger partial charge in [-0.25, -0.2) is 0 Å². The third kappa shape index (κ3) is 4.51. The van der Waals surface area contributed by atoms with Crippen molar-refractivity contribution in [2.75, 3.05) is 19.7 Å². The fraction of sp³-hybridized carbons (Fsp3) is 0.500. The number of benzene rings is 2. The van der Waals surface area contributed by atoms with E-state index in [4.69, 9.17) is 0 Å². The number of aryl methyl sites for hydroxylation is 1. The number of alkyl halides is 3. The van der Waals surface area contributed by atoms with Gasteiger partial charge in [-0.2, -0.15) is 13.2 Å². The number of hydrogen-bond donors (Lipinski definition) is 1. The molecule has 29 heavy (non-hydrogen) atoms. The summed E-state index contributed by atoms with van der Waals surface area (Å²) in [7, 11) is 0. The zero-order chi connectivity index (χ0) is 20.5. The molecule has 4 rings (SSSR count). The lowest BCUT2D eigenvalue weighted by atomic mass is 9.73. The summed E-state index contributed by atoms with van der Waals surface area (Å²) in [4.78, 5) is 2.52. The highest BCUT2D eigenvalue weighted by atomic mass is 19.4. The fourth-order valence-electron chi connectivity index (χ4n) is 5.04. The topological polar surface area (TPSA) is 23.5 Å². The van der Waals surface area contributed by atoms with Crippen molar-refractivity contribution in [1.29, 1.82) is 0 Å². The van der Waals surface area contributed by atoms with Crippen LogP contribution in [0, 0.1) is 5.41 Å². The third-order valence-corrected chi connectivity index (χ3v) is 6.86. The van der Waals surface area contributed by atoms with Crippen molar-refractivity contribution in [2.45, 2.75) is 50.7 Å². The van der Waals surface area contributed by atoms with Crippen LogP contribution < -0.4 is 0 Å². The molecular formula is C24H28F3NO. The number of hydrogen-bond acceptors (Lipinski definition) is 2. The van der Waals surface area contributed by atoms with Gasteiger partial charge in [-0.3, -0.25) is 0 Å². The summed E-state index contributed by atoms with van der Waals surface area (Å²) in [5.74, 6) is 0. The molecule has 1 N–H and O–H groups in total. The highest BCUT2D eigenvalue weighted by Gasteiger charge is 2.37. The van der Waals surface area contributed by atoms with Crippen LogP contribution in [0.4, 0.5) is 13.2 Å². The smallest absolute Gasteiger partial charge is 0.396 e. The molecule has 0 radical (unpaired) electrons. The molecule has 2 aliphatic rings. The van der Waals surface area contributed by atoms with Gasteiger partial charge in [-0.15, -0.1) is 0 Å². The first kappa shape index (κ1) is 20.4. The molecular weight excluding hydrogens is 375 g/mol. The molecule has 0 unspecified atom stereocenters. The average Bonchev–Trinajstić information content (AvgIpc) is 2.73. The maximum Gasteiger partial charge on any atom is 0.416 e. The molecule has 1 saturated heterocycles. The van der Waals surface area contributed by atoms with Gasteiger partial charge in [0.05, 0.1) is 5.56 Å². The molecule has 1 atom stereocenters. The Morgan fingerprint density at radius 1 is 1.00 bits per heavy atom. The lowest BCUT2D eigenvalue weighted by Crippen LogP contribution is -2.48. The van der Waals surface area contributed by atoms with E-state index in [0.717, 1.165) is 51.3 Å². The Hall–Kier alpha value is -1.85. The highest BCUT2D eigenvalue weighted by molar-refractivity contribution is 5.30. The van der Waals surface area contributed by atoms with Gasteiger partial charge in [0.2, 0.25) is 0 Å². The lowest BCUT2D eigenvalue weighted by molar-refractivity contribution is -0.137. The Bertz CT molecular complexity index is 840. The first-order valence-electron chi connectivity index (χ1n) is 10.5. The average molecular weight is 403 g/mol. The SMILES string of the molecule is OCC1(Cc2cccc(C(F)(F)F)c2)CCN([C@H]2CCc3ccccc3C2)CC1.